The van der Waals surface area contributed by atoms with Gasteiger partial charge in [0.05, 0.1) is 31.4 Å². The number of methoxy groups -OCH3 is 2. The van der Waals surface area contributed by atoms with Crippen molar-refractivity contribution in [2.75, 3.05) is 36.4 Å². The van der Waals surface area contributed by atoms with Gasteiger partial charge in [0.1, 0.15) is 17.3 Å². The first-order valence-electron chi connectivity index (χ1n) is 7.34. The first-order valence-corrected chi connectivity index (χ1v) is 8.50. The van der Waals surface area contributed by atoms with Gasteiger partial charge in [0.2, 0.25) is 11.8 Å². The van der Waals surface area contributed by atoms with Crippen molar-refractivity contribution in [3.63, 3.8) is 0 Å². The lowest BCUT2D eigenvalue weighted by molar-refractivity contribution is -0.114. The third-order valence-electron chi connectivity index (χ3n) is 3.04. The van der Waals surface area contributed by atoms with E-state index >= 15 is 0 Å². The predicted octanol–water partition coefficient (Wildman–Crippen LogP) is 2.31. The third kappa shape index (κ3) is 5.71. The second-order valence-corrected chi connectivity index (χ2v) is 5.96. The van der Waals surface area contributed by atoms with E-state index in [-0.39, 0.29) is 23.3 Å². The van der Waals surface area contributed by atoms with E-state index in [2.05, 4.69) is 15.8 Å². The molecule has 1 aromatic heterocycles. The second-order valence-electron chi connectivity index (χ2n) is 4.98. The molecule has 0 fully saturated rings. The van der Waals surface area contributed by atoms with Crippen LogP contribution in [0.4, 0.5) is 11.5 Å². The van der Waals surface area contributed by atoms with Crippen LogP contribution in [0.5, 0.6) is 11.5 Å². The monoisotopic (exact) mass is 365 g/mol. The van der Waals surface area contributed by atoms with Crippen LogP contribution in [-0.4, -0.2) is 42.7 Å². The largest absolute Gasteiger partial charge is 0.497 e. The summed E-state index contributed by atoms with van der Waals surface area (Å²) in [5, 5.41) is 8.99. The molecule has 0 aliphatic rings. The molecule has 0 aliphatic heterocycles. The number of benzene rings is 1. The summed E-state index contributed by atoms with van der Waals surface area (Å²) in [6.45, 7) is 1.73. The minimum absolute atomic E-state index is 0.117. The van der Waals surface area contributed by atoms with Crippen LogP contribution in [0.2, 0.25) is 0 Å². The SMILES string of the molecule is COc1ccc(OC)c(NC(=O)CSCC(=O)Nc2cc(C)on2)c1. The number of carbonyl (C=O) groups excluding carboxylic acids is 2. The smallest absolute Gasteiger partial charge is 0.235 e. The van der Waals surface area contributed by atoms with Crippen molar-refractivity contribution in [2.45, 2.75) is 6.92 Å². The maximum atomic E-state index is 12.0. The Morgan fingerprint density at radius 1 is 1.12 bits per heavy atom. The summed E-state index contributed by atoms with van der Waals surface area (Å²) in [5.41, 5.74) is 0.509. The van der Waals surface area contributed by atoms with Gasteiger partial charge < -0.3 is 24.6 Å². The molecule has 0 radical (unpaired) electrons. The Kier molecular flexibility index (Phi) is 6.70. The number of anilines is 2. The Hall–Kier alpha value is -2.68. The van der Waals surface area contributed by atoms with Crippen LogP contribution in [0.25, 0.3) is 0 Å². The number of rotatable bonds is 8. The molecule has 2 N–H and O–H groups in total. The van der Waals surface area contributed by atoms with Crippen molar-refractivity contribution in [3.05, 3.63) is 30.0 Å². The summed E-state index contributed by atoms with van der Waals surface area (Å²) in [5.74, 6) is 1.82. The standard InChI is InChI=1S/C16H19N3O5S/c1-10-6-14(19-24-10)18-16(21)9-25-8-15(20)17-12-7-11(22-2)4-5-13(12)23-3/h4-7H,8-9H2,1-3H3,(H,17,20)(H,18,19,21). The van der Waals surface area contributed by atoms with E-state index in [0.717, 1.165) is 0 Å². The molecule has 2 aromatic rings. The van der Waals surface area contributed by atoms with Crippen LogP contribution >= 0.6 is 11.8 Å². The van der Waals surface area contributed by atoms with Crippen LogP contribution in [0.1, 0.15) is 5.76 Å². The molecular weight excluding hydrogens is 346 g/mol. The number of carbonyl (C=O) groups is 2. The van der Waals surface area contributed by atoms with E-state index in [4.69, 9.17) is 14.0 Å². The maximum absolute atomic E-state index is 12.0. The minimum Gasteiger partial charge on any atom is -0.497 e. The number of hydrogen-bond acceptors (Lipinski definition) is 7. The van der Waals surface area contributed by atoms with Gasteiger partial charge >= 0.3 is 0 Å². The van der Waals surface area contributed by atoms with Crippen LogP contribution in [0.3, 0.4) is 0 Å². The normalized spacial score (nSPS) is 10.2. The summed E-state index contributed by atoms with van der Waals surface area (Å²) < 4.78 is 15.2. The maximum Gasteiger partial charge on any atom is 0.235 e. The van der Waals surface area contributed by atoms with Gasteiger partial charge in [-0.15, -0.1) is 11.8 Å². The van der Waals surface area contributed by atoms with Crippen molar-refractivity contribution < 1.29 is 23.6 Å². The highest BCUT2D eigenvalue weighted by atomic mass is 32.2. The highest BCUT2D eigenvalue weighted by Crippen LogP contribution is 2.28. The van der Waals surface area contributed by atoms with E-state index in [1.807, 2.05) is 0 Å². The molecule has 1 heterocycles. The van der Waals surface area contributed by atoms with Gasteiger partial charge in [-0.05, 0) is 19.1 Å². The van der Waals surface area contributed by atoms with Crippen molar-refractivity contribution in [1.82, 2.24) is 5.16 Å². The van der Waals surface area contributed by atoms with Gasteiger partial charge in [-0.3, -0.25) is 9.59 Å². The van der Waals surface area contributed by atoms with Crippen molar-refractivity contribution in [1.29, 1.82) is 0 Å². The Labute approximate surface area is 149 Å². The van der Waals surface area contributed by atoms with Crippen LogP contribution in [0, 0.1) is 6.92 Å². The molecule has 0 bridgehead atoms. The molecule has 25 heavy (non-hydrogen) atoms. The quantitative estimate of drug-likeness (QED) is 0.740. The number of amides is 2. The van der Waals surface area contributed by atoms with E-state index in [1.54, 1.807) is 31.2 Å². The first-order chi connectivity index (χ1) is 12.0. The summed E-state index contributed by atoms with van der Waals surface area (Å²) in [6.07, 6.45) is 0. The fourth-order valence-electron chi connectivity index (χ4n) is 1.94. The molecule has 0 atom stereocenters. The first kappa shape index (κ1) is 18.7. The van der Waals surface area contributed by atoms with Gasteiger partial charge in [-0.1, -0.05) is 5.16 Å². The number of ether oxygens (including phenoxy) is 2. The topological polar surface area (TPSA) is 103 Å². The Bertz CT molecular complexity index is 747. The number of nitrogens with one attached hydrogen (secondary N) is 2. The third-order valence-corrected chi connectivity index (χ3v) is 3.98. The van der Waals surface area contributed by atoms with E-state index in [9.17, 15) is 9.59 Å². The number of hydrogen-bond donors (Lipinski definition) is 2. The molecule has 0 aliphatic carbocycles. The molecule has 8 nitrogen and oxygen atoms in total. The second kappa shape index (κ2) is 8.97. The predicted molar refractivity (Wildman–Crippen MR) is 95.4 cm³/mol. The molecule has 134 valence electrons. The van der Waals surface area contributed by atoms with Gasteiger partial charge in [0, 0.05) is 12.1 Å². The minimum atomic E-state index is -0.259. The number of aryl methyl sites for hydroxylation is 1. The Balaban J connectivity index is 1.79. The number of thioether (sulfide) groups is 1. The van der Waals surface area contributed by atoms with Crippen molar-refractivity contribution in [3.8, 4) is 11.5 Å². The molecule has 0 saturated carbocycles. The lowest BCUT2D eigenvalue weighted by atomic mass is 10.2. The van der Waals surface area contributed by atoms with Gasteiger partial charge in [-0.2, -0.15) is 0 Å². The lowest BCUT2D eigenvalue weighted by Gasteiger charge is -2.11. The molecule has 0 unspecified atom stereocenters. The van der Waals surface area contributed by atoms with Gasteiger partial charge in [-0.25, -0.2) is 0 Å². The molecule has 2 rings (SSSR count). The van der Waals surface area contributed by atoms with Crippen molar-refractivity contribution >= 4 is 35.1 Å². The lowest BCUT2D eigenvalue weighted by Crippen LogP contribution is -2.18. The van der Waals surface area contributed by atoms with Crippen molar-refractivity contribution in [2.24, 2.45) is 0 Å². The zero-order chi connectivity index (χ0) is 18.2. The average Bonchev–Trinajstić information content (AvgIpc) is 2.99. The zero-order valence-corrected chi connectivity index (χ0v) is 14.9. The van der Waals surface area contributed by atoms with Crippen LogP contribution in [0.15, 0.2) is 28.8 Å². The van der Waals surface area contributed by atoms with Gasteiger partial charge in [0.25, 0.3) is 0 Å². The average molecular weight is 365 g/mol. The number of nitrogens with zero attached hydrogens (tertiary/aromatic N) is 1. The van der Waals surface area contributed by atoms with Crippen LogP contribution < -0.4 is 20.1 Å². The van der Waals surface area contributed by atoms with E-state index < -0.39 is 0 Å². The fraction of sp³-hybridized carbons (Fsp3) is 0.312. The molecule has 9 heteroatoms. The zero-order valence-electron chi connectivity index (χ0n) is 14.1. The Morgan fingerprint density at radius 3 is 2.44 bits per heavy atom. The Morgan fingerprint density at radius 2 is 1.84 bits per heavy atom. The summed E-state index contributed by atoms with van der Waals surface area (Å²) in [4.78, 5) is 23.8. The molecule has 0 spiro atoms. The van der Waals surface area contributed by atoms with E-state index in [1.165, 1.54) is 26.0 Å². The molecule has 0 saturated heterocycles. The fourth-order valence-corrected chi connectivity index (χ4v) is 2.56. The highest BCUT2D eigenvalue weighted by molar-refractivity contribution is 8.00. The molecule has 2 amide bonds. The van der Waals surface area contributed by atoms with E-state index in [0.29, 0.717) is 28.8 Å². The highest BCUT2D eigenvalue weighted by Gasteiger charge is 2.11. The molecular formula is C16H19N3O5S. The summed E-state index contributed by atoms with van der Waals surface area (Å²) in [6, 6.07) is 6.72. The molecule has 1 aromatic carbocycles. The van der Waals surface area contributed by atoms with Gasteiger partial charge in [0.15, 0.2) is 5.82 Å². The summed E-state index contributed by atoms with van der Waals surface area (Å²) >= 11 is 1.18. The summed E-state index contributed by atoms with van der Waals surface area (Å²) in [7, 11) is 3.06. The van der Waals surface area contributed by atoms with Crippen LogP contribution in [-0.2, 0) is 9.59 Å². The number of aromatic nitrogens is 1.